The molecule has 1 amide bonds. The number of carbonyl (C=O) groups is 1. The third-order valence-electron chi connectivity index (χ3n) is 2.75. The van der Waals surface area contributed by atoms with Crippen LogP contribution in [0.15, 0.2) is 18.3 Å². The average Bonchev–Trinajstić information content (AvgIpc) is 2.88. The predicted molar refractivity (Wildman–Crippen MR) is 82.2 cm³/mol. The molecule has 0 fully saturated rings. The maximum atomic E-state index is 12.1. The Morgan fingerprint density at radius 2 is 2.14 bits per heavy atom. The summed E-state index contributed by atoms with van der Waals surface area (Å²) in [6, 6.07) is 3.98. The Balaban J connectivity index is 2.36. The fraction of sp³-hybridized carbons (Fsp3) is 0.667. The van der Waals surface area contributed by atoms with E-state index in [-0.39, 0.29) is 6.09 Å². The highest BCUT2D eigenvalue weighted by atomic mass is 16.6. The van der Waals surface area contributed by atoms with Crippen LogP contribution in [0.1, 0.15) is 26.5 Å². The van der Waals surface area contributed by atoms with E-state index in [4.69, 9.17) is 9.47 Å². The maximum Gasteiger partial charge on any atom is 0.410 e. The van der Waals surface area contributed by atoms with E-state index in [9.17, 15) is 4.79 Å². The van der Waals surface area contributed by atoms with E-state index in [1.807, 2.05) is 39.1 Å². The number of amides is 1. The first-order valence-electron chi connectivity index (χ1n) is 7.22. The van der Waals surface area contributed by atoms with Gasteiger partial charge in [0.15, 0.2) is 0 Å². The highest BCUT2D eigenvalue weighted by molar-refractivity contribution is 5.68. The van der Waals surface area contributed by atoms with Gasteiger partial charge in [0.25, 0.3) is 0 Å². The molecule has 1 aromatic rings. The van der Waals surface area contributed by atoms with E-state index in [1.165, 1.54) is 0 Å². The summed E-state index contributed by atoms with van der Waals surface area (Å²) < 4.78 is 10.4. The fourth-order valence-corrected chi connectivity index (χ4v) is 1.74. The Labute approximate surface area is 126 Å². The number of methoxy groups -OCH3 is 1. The standard InChI is InChI=1S/C15H27N3O3/c1-15(2,3)21-14(19)18(10-11-20-4)9-8-16-12-13-6-5-7-17-13/h5-7,16-17H,8-12H2,1-4H3. The van der Waals surface area contributed by atoms with Gasteiger partial charge >= 0.3 is 6.09 Å². The van der Waals surface area contributed by atoms with Crippen molar-refractivity contribution in [3.05, 3.63) is 24.0 Å². The minimum Gasteiger partial charge on any atom is -0.444 e. The fourth-order valence-electron chi connectivity index (χ4n) is 1.74. The van der Waals surface area contributed by atoms with Gasteiger partial charge in [-0.15, -0.1) is 0 Å². The normalized spacial score (nSPS) is 11.4. The molecule has 0 aromatic carbocycles. The van der Waals surface area contributed by atoms with E-state index in [2.05, 4.69) is 10.3 Å². The lowest BCUT2D eigenvalue weighted by atomic mass is 10.2. The lowest BCUT2D eigenvalue weighted by Crippen LogP contribution is -2.42. The van der Waals surface area contributed by atoms with Crippen LogP contribution in [-0.4, -0.2) is 54.9 Å². The zero-order valence-corrected chi connectivity index (χ0v) is 13.4. The van der Waals surface area contributed by atoms with E-state index in [0.29, 0.717) is 26.2 Å². The van der Waals surface area contributed by atoms with Gasteiger partial charge in [0.1, 0.15) is 5.60 Å². The number of aromatic nitrogens is 1. The number of ether oxygens (including phenoxy) is 2. The van der Waals surface area contributed by atoms with Crippen molar-refractivity contribution in [1.82, 2.24) is 15.2 Å². The van der Waals surface area contributed by atoms with Gasteiger partial charge in [-0.3, -0.25) is 0 Å². The van der Waals surface area contributed by atoms with Gasteiger partial charge in [0.05, 0.1) is 6.61 Å². The van der Waals surface area contributed by atoms with Gasteiger partial charge in [-0.25, -0.2) is 4.79 Å². The molecule has 1 aromatic heterocycles. The van der Waals surface area contributed by atoms with Gasteiger partial charge in [0.2, 0.25) is 0 Å². The van der Waals surface area contributed by atoms with Crippen LogP contribution < -0.4 is 5.32 Å². The van der Waals surface area contributed by atoms with Crippen molar-refractivity contribution in [1.29, 1.82) is 0 Å². The SMILES string of the molecule is COCCN(CCNCc1ccc[nH]1)C(=O)OC(C)(C)C. The van der Waals surface area contributed by atoms with Crippen LogP contribution >= 0.6 is 0 Å². The van der Waals surface area contributed by atoms with Gasteiger partial charge in [0, 0.05) is 45.2 Å². The third-order valence-corrected chi connectivity index (χ3v) is 2.75. The molecule has 6 nitrogen and oxygen atoms in total. The predicted octanol–water partition coefficient (Wildman–Crippen LogP) is 1.99. The van der Waals surface area contributed by atoms with E-state index >= 15 is 0 Å². The smallest absolute Gasteiger partial charge is 0.410 e. The molecule has 0 saturated heterocycles. The molecule has 0 atom stereocenters. The summed E-state index contributed by atoms with van der Waals surface area (Å²) in [6.45, 7) is 8.64. The molecule has 0 bridgehead atoms. The van der Waals surface area contributed by atoms with Crippen LogP contribution in [0.2, 0.25) is 0 Å². The highest BCUT2D eigenvalue weighted by Crippen LogP contribution is 2.09. The average molecular weight is 297 g/mol. The molecule has 120 valence electrons. The Morgan fingerprint density at radius 3 is 2.71 bits per heavy atom. The second-order valence-electron chi connectivity index (χ2n) is 5.83. The number of nitrogens with zero attached hydrogens (tertiary/aromatic N) is 1. The molecular formula is C15H27N3O3. The molecule has 0 radical (unpaired) electrons. The summed E-state index contributed by atoms with van der Waals surface area (Å²) in [5.74, 6) is 0. The van der Waals surface area contributed by atoms with E-state index < -0.39 is 5.60 Å². The third kappa shape index (κ3) is 7.72. The second kappa shape index (κ2) is 8.69. The molecule has 0 aliphatic heterocycles. The summed E-state index contributed by atoms with van der Waals surface area (Å²) in [5, 5.41) is 3.29. The lowest BCUT2D eigenvalue weighted by molar-refractivity contribution is 0.0204. The van der Waals surface area contributed by atoms with Gasteiger partial charge in [-0.05, 0) is 32.9 Å². The van der Waals surface area contributed by atoms with Crippen LogP contribution in [-0.2, 0) is 16.0 Å². The molecule has 6 heteroatoms. The quantitative estimate of drug-likeness (QED) is 0.720. The second-order valence-corrected chi connectivity index (χ2v) is 5.83. The minimum absolute atomic E-state index is 0.304. The first-order valence-corrected chi connectivity index (χ1v) is 7.22. The Bertz CT molecular complexity index is 399. The molecule has 0 aliphatic rings. The summed E-state index contributed by atoms with van der Waals surface area (Å²) in [5.41, 5.74) is 0.635. The maximum absolute atomic E-state index is 12.1. The molecule has 2 N–H and O–H groups in total. The van der Waals surface area contributed by atoms with Gasteiger partial charge in [-0.2, -0.15) is 0 Å². The molecule has 0 unspecified atom stereocenters. The van der Waals surface area contributed by atoms with Crippen molar-refractivity contribution in [2.24, 2.45) is 0 Å². The monoisotopic (exact) mass is 297 g/mol. The van der Waals surface area contributed by atoms with Crippen LogP contribution in [0.25, 0.3) is 0 Å². The molecule has 0 saturated carbocycles. The van der Waals surface area contributed by atoms with Crippen molar-refractivity contribution in [3.8, 4) is 0 Å². The first kappa shape index (κ1) is 17.5. The van der Waals surface area contributed by atoms with Crippen LogP contribution in [0, 0.1) is 0 Å². The number of hydrogen-bond acceptors (Lipinski definition) is 4. The van der Waals surface area contributed by atoms with Gasteiger partial charge in [-0.1, -0.05) is 0 Å². The van der Waals surface area contributed by atoms with E-state index in [1.54, 1.807) is 12.0 Å². The summed E-state index contributed by atoms with van der Waals surface area (Å²) in [4.78, 5) is 16.9. The summed E-state index contributed by atoms with van der Waals surface area (Å²) >= 11 is 0. The molecule has 21 heavy (non-hydrogen) atoms. The van der Waals surface area contributed by atoms with Crippen LogP contribution in [0.4, 0.5) is 4.79 Å². The lowest BCUT2D eigenvalue weighted by Gasteiger charge is -2.27. The van der Waals surface area contributed by atoms with Crippen molar-refractivity contribution >= 4 is 6.09 Å². The number of rotatable bonds is 8. The number of nitrogens with one attached hydrogen (secondary N) is 2. The minimum atomic E-state index is -0.486. The van der Waals surface area contributed by atoms with Gasteiger partial charge < -0.3 is 24.7 Å². The molecule has 0 aliphatic carbocycles. The van der Waals surface area contributed by atoms with Crippen molar-refractivity contribution < 1.29 is 14.3 Å². The summed E-state index contributed by atoms with van der Waals surface area (Å²) in [7, 11) is 1.62. The molecule has 1 rings (SSSR count). The van der Waals surface area contributed by atoms with Crippen molar-refractivity contribution in [2.45, 2.75) is 32.9 Å². The molecular weight excluding hydrogens is 270 g/mol. The Morgan fingerprint density at radius 1 is 1.38 bits per heavy atom. The molecule has 1 heterocycles. The first-order chi connectivity index (χ1) is 9.92. The molecule has 0 spiro atoms. The van der Waals surface area contributed by atoms with Crippen LogP contribution in [0.5, 0.6) is 0 Å². The number of carbonyl (C=O) groups excluding carboxylic acids is 1. The zero-order valence-electron chi connectivity index (χ0n) is 13.4. The number of hydrogen-bond donors (Lipinski definition) is 2. The highest BCUT2D eigenvalue weighted by Gasteiger charge is 2.21. The number of H-pyrrole nitrogens is 1. The Hall–Kier alpha value is -1.53. The topological polar surface area (TPSA) is 66.6 Å². The largest absolute Gasteiger partial charge is 0.444 e. The zero-order chi connectivity index (χ0) is 15.7. The van der Waals surface area contributed by atoms with Crippen molar-refractivity contribution in [3.63, 3.8) is 0 Å². The Kier molecular flexibility index (Phi) is 7.25. The summed E-state index contributed by atoms with van der Waals surface area (Å²) in [6.07, 6.45) is 1.59. The van der Waals surface area contributed by atoms with E-state index in [0.717, 1.165) is 12.2 Å². The van der Waals surface area contributed by atoms with Crippen molar-refractivity contribution in [2.75, 3.05) is 33.4 Å². The van der Waals surface area contributed by atoms with Crippen LogP contribution in [0.3, 0.4) is 0 Å². The number of aromatic amines is 1.